The molecule has 0 unspecified atom stereocenters. The number of halogens is 2. The molecule has 2 aromatic heterocycles. The van der Waals surface area contributed by atoms with Crippen molar-refractivity contribution >= 4 is 43.1 Å². The Morgan fingerprint density at radius 2 is 1.04 bits per heavy atom. The van der Waals surface area contributed by atoms with Gasteiger partial charge >= 0.3 is 6.67 Å². The van der Waals surface area contributed by atoms with Crippen LogP contribution in [0.5, 0.6) is 0 Å². The first-order valence-corrected chi connectivity index (χ1v) is 8.63. The first-order chi connectivity index (χ1) is 10.2. The lowest BCUT2D eigenvalue weighted by atomic mass is 10.3. The van der Waals surface area contributed by atoms with Crippen molar-refractivity contribution in [2.75, 3.05) is 0 Å². The Hall–Kier alpha value is -1.20. The van der Waals surface area contributed by atoms with Gasteiger partial charge in [0.2, 0.25) is 21.0 Å². The van der Waals surface area contributed by atoms with E-state index in [1.54, 1.807) is 0 Å². The van der Waals surface area contributed by atoms with Gasteiger partial charge in [0.1, 0.15) is 9.40 Å². The van der Waals surface area contributed by atoms with Crippen LogP contribution in [0.25, 0.3) is 20.4 Å². The quantitative estimate of drug-likeness (QED) is 0.375. The summed E-state index contributed by atoms with van der Waals surface area (Å²) in [5, 5.41) is 2.69. The Kier molecular flexibility index (Phi) is 9.03. The fourth-order valence-corrected chi connectivity index (χ4v) is 4.82. The zero-order chi connectivity index (χ0) is 14.4. The number of rotatable bonds is 2. The van der Waals surface area contributed by atoms with Crippen molar-refractivity contribution in [1.29, 1.82) is 0 Å². The van der Waals surface area contributed by atoms with E-state index < -0.39 is 0 Å². The third-order valence-corrected chi connectivity index (χ3v) is 6.03. The predicted molar refractivity (Wildman–Crippen MR) is 102 cm³/mol. The summed E-state index contributed by atoms with van der Waals surface area (Å²) in [7, 11) is 0. The van der Waals surface area contributed by atoms with Crippen LogP contribution in [-0.4, -0.2) is 0 Å². The second-order valence-electron chi connectivity index (χ2n) is 5.18. The van der Waals surface area contributed by atoms with Crippen LogP contribution < -0.4 is 33.9 Å². The molecule has 0 amide bonds. The summed E-state index contributed by atoms with van der Waals surface area (Å²) in [5.74, 6) is 0. The number of benzene rings is 2. The monoisotopic (exact) mass is 414 g/mol. The lowest BCUT2D eigenvalue weighted by molar-refractivity contribution is -0.891. The van der Waals surface area contributed by atoms with Crippen LogP contribution in [0.4, 0.5) is 0 Å². The molecule has 0 saturated carbocycles. The maximum atomic E-state index is 2.41. The summed E-state index contributed by atoms with van der Waals surface area (Å²) in [6.07, 6.45) is 0. The molecule has 2 nitrogen and oxygen atoms in total. The Balaban J connectivity index is 0.00000144. The number of hydrogen-bond acceptors (Lipinski definition) is 2. The number of aromatic nitrogens is 2. The van der Waals surface area contributed by atoms with Gasteiger partial charge in [-0.1, -0.05) is 61.8 Å². The zero-order valence-corrected chi connectivity index (χ0v) is 15.9. The average molecular weight is 415 g/mol. The molecule has 0 radical (unpaired) electrons. The Morgan fingerprint density at radius 1 is 0.680 bits per heavy atom. The highest BCUT2D eigenvalue weighted by molar-refractivity contribution is 7.18. The van der Waals surface area contributed by atoms with Crippen LogP contribution in [-0.2, 0) is 6.67 Å². The summed E-state index contributed by atoms with van der Waals surface area (Å²) in [5.41, 5.74) is 2.64. The minimum Gasteiger partial charge on any atom is -1.00 e. The molecule has 0 fully saturated rings. The average Bonchev–Trinajstić information content (AvgIpc) is 2.97. The van der Waals surface area contributed by atoms with Gasteiger partial charge < -0.3 is 24.8 Å². The molecule has 0 aliphatic carbocycles. The van der Waals surface area contributed by atoms with E-state index in [0.29, 0.717) is 0 Å². The van der Waals surface area contributed by atoms with Gasteiger partial charge in [0, 0.05) is 26.0 Å². The Labute approximate surface area is 170 Å². The van der Waals surface area contributed by atoms with Crippen molar-refractivity contribution in [3.63, 3.8) is 0 Å². The molecule has 0 atom stereocenters. The standard InChI is InChI=1S/C17H16N2S2.2CH4.2ClH/c1-12-18(14-7-3-5-9-16(14)20-12)11-19-13(2)21-17-10-6-4-8-15(17)19;;;;/h3-10H,11H2,1-2H3;2*1H4;2*1H/q+2;;;;/p-2. The number of aryl methyl sites for hydroxylation is 2. The molecule has 0 aliphatic heterocycles. The maximum absolute atomic E-state index is 2.41. The van der Waals surface area contributed by atoms with Crippen molar-refractivity contribution in [3.05, 3.63) is 58.5 Å². The summed E-state index contributed by atoms with van der Waals surface area (Å²) in [6, 6.07) is 17.3. The van der Waals surface area contributed by atoms with E-state index in [9.17, 15) is 0 Å². The number of fused-ring (bicyclic) bond motifs is 2. The zero-order valence-electron chi connectivity index (χ0n) is 12.8. The minimum atomic E-state index is 0. The molecule has 0 aliphatic rings. The molecule has 136 valence electrons. The lowest BCUT2D eigenvalue weighted by Gasteiger charge is -1.94. The fourth-order valence-electron chi connectivity index (χ4n) is 2.79. The molecule has 25 heavy (non-hydrogen) atoms. The van der Waals surface area contributed by atoms with Gasteiger partial charge in [0.15, 0.2) is 0 Å². The maximum Gasteiger partial charge on any atom is 0.346 e. The second-order valence-corrected chi connectivity index (χ2v) is 7.64. The van der Waals surface area contributed by atoms with E-state index in [1.807, 2.05) is 22.7 Å². The molecule has 2 aromatic carbocycles. The van der Waals surface area contributed by atoms with E-state index in [1.165, 1.54) is 30.4 Å². The highest BCUT2D eigenvalue weighted by Crippen LogP contribution is 2.21. The van der Waals surface area contributed by atoms with Crippen molar-refractivity contribution in [2.24, 2.45) is 0 Å². The van der Waals surface area contributed by atoms with Crippen LogP contribution in [0.3, 0.4) is 0 Å². The Bertz CT molecular complexity index is 883. The van der Waals surface area contributed by atoms with Crippen molar-refractivity contribution < 1.29 is 33.9 Å². The van der Waals surface area contributed by atoms with Crippen molar-refractivity contribution in [3.8, 4) is 0 Å². The topological polar surface area (TPSA) is 7.76 Å². The van der Waals surface area contributed by atoms with Gasteiger partial charge in [-0.05, 0) is 12.1 Å². The first kappa shape index (κ1) is 23.8. The smallest absolute Gasteiger partial charge is 0.346 e. The van der Waals surface area contributed by atoms with Crippen LogP contribution in [0, 0.1) is 13.8 Å². The van der Waals surface area contributed by atoms with Gasteiger partial charge in [0.25, 0.3) is 0 Å². The van der Waals surface area contributed by atoms with Crippen LogP contribution in [0.1, 0.15) is 24.9 Å². The third kappa shape index (κ3) is 4.14. The lowest BCUT2D eigenvalue weighted by Crippen LogP contribution is -3.00. The van der Waals surface area contributed by atoms with Gasteiger partial charge in [-0.25, -0.2) is 0 Å². The number of thiazole rings is 2. The molecule has 6 heteroatoms. The van der Waals surface area contributed by atoms with Gasteiger partial charge in [-0.2, -0.15) is 0 Å². The fraction of sp³-hybridized carbons (Fsp3) is 0.263. The first-order valence-electron chi connectivity index (χ1n) is 7.00. The van der Waals surface area contributed by atoms with E-state index in [2.05, 4.69) is 71.5 Å². The normalized spacial score (nSPS) is 9.68. The van der Waals surface area contributed by atoms with Crippen molar-refractivity contribution in [1.82, 2.24) is 0 Å². The molecule has 0 spiro atoms. The number of hydrogen-bond donors (Lipinski definition) is 0. The van der Waals surface area contributed by atoms with Crippen LogP contribution in [0.2, 0.25) is 0 Å². The van der Waals surface area contributed by atoms with Crippen molar-refractivity contribution in [2.45, 2.75) is 35.4 Å². The molecule has 0 saturated heterocycles. The third-order valence-electron chi connectivity index (χ3n) is 3.87. The van der Waals surface area contributed by atoms with E-state index in [-0.39, 0.29) is 39.7 Å². The number of para-hydroxylation sites is 2. The van der Waals surface area contributed by atoms with E-state index in [0.717, 1.165) is 6.67 Å². The summed E-state index contributed by atoms with van der Waals surface area (Å²) in [4.78, 5) is 0. The summed E-state index contributed by atoms with van der Waals surface area (Å²) >= 11 is 3.73. The SMILES string of the molecule is C.C.Cc1sc2ccccc2[n+]1C[n+]1c(C)sc2ccccc21.[Cl-].[Cl-]. The molecule has 2 heterocycles. The van der Waals surface area contributed by atoms with Gasteiger partial charge in [-0.3, -0.25) is 0 Å². The van der Waals surface area contributed by atoms with Crippen LogP contribution in [0.15, 0.2) is 48.5 Å². The molecule has 0 N–H and O–H groups in total. The largest absolute Gasteiger partial charge is 1.00 e. The van der Waals surface area contributed by atoms with E-state index in [4.69, 9.17) is 0 Å². The molecular weight excluding hydrogens is 391 g/mol. The Morgan fingerprint density at radius 3 is 1.44 bits per heavy atom. The number of nitrogens with zero attached hydrogens (tertiary/aromatic N) is 2. The highest BCUT2D eigenvalue weighted by Gasteiger charge is 2.25. The highest BCUT2D eigenvalue weighted by atomic mass is 35.5. The minimum absolute atomic E-state index is 0. The second kappa shape index (κ2) is 9.48. The molecule has 0 bridgehead atoms. The van der Waals surface area contributed by atoms with Crippen LogP contribution >= 0.6 is 22.7 Å². The predicted octanol–water partition coefficient (Wildman–Crippen LogP) is -0.906. The molecular formula is C19H24Cl2N2S2. The summed E-state index contributed by atoms with van der Waals surface area (Å²) in [6.45, 7) is 5.29. The summed E-state index contributed by atoms with van der Waals surface area (Å²) < 4.78 is 7.53. The molecule has 4 rings (SSSR count). The van der Waals surface area contributed by atoms with E-state index >= 15 is 0 Å². The van der Waals surface area contributed by atoms with Gasteiger partial charge in [-0.15, -0.1) is 9.13 Å². The molecule has 4 aromatic rings. The van der Waals surface area contributed by atoms with Gasteiger partial charge in [0.05, 0.1) is 0 Å².